The molecule has 1 aromatic carbocycles. The van der Waals surface area contributed by atoms with E-state index in [-0.39, 0.29) is 0 Å². The van der Waals surface area contributed by atoms with Crippen LogP contribution in [0.2, 0.25) is 0 Å². The van der Waals surface area contributed by atoms with Gasteiger partial charge in [-0.3, -0.25) is 0 Å². The minimum atomic E-state index is 0.539. The van der Waals surface area contributed by atoms with E-state index in [1.807, 2.05) is 12.1 Å². The van der Waals surface area contributed by atoms with Crippen molar-refractivity contribution in [1.29, 1.82) is 0 Å². The minimum absolute atomic E-state index is 0.539. The second-order valence-electron chi connectivity index (χ2n) is 5.09. The maximum absolute atomic E-state index is 5.79. The summed E-state index contributed by atoms with van der Waals surface area (Å²) in [5.74, 6) is 0.911. The Hall–Kier alpha value is -1.39. The van der Waals surface area contributed by atoms with E-state index in [1.54, 1.807) is 11.3 Å². The molecule has 0 aliphatic heterocycles. The predicted molar refractivity (Wildman–Crippen MR) is 88.9 cm³/mol. The van der Waals surface area contributed by atoms with Crippen molar-refractivity contribution < 1.29 is 4.74 Å². The van der Waals surface area contributed by atoms with Crippen molar-refractivity contribution in [3.63, 3.8) is 0 Å². The normalized spacial score (nSPS) is 10.8. The van der Waals surface area contributed by atoms with Crippen molar-refractivity contribution in [2.75, 3.05) is 6.54 Å². The van der Waals surface area contributed by atoms with Crippen molar-refractivity contribution in [3.8, 4) is 5.75 Å². The summed E-state index contributed by atoms with van der Waals surface area (Å²) in [7, 11) is 0. The van der Waals surface area contributed by atoms with Gasteiger partial charge in [-0.05, 0) is 37.1 Å². The van der Waals surface area contributed by atoms with Crippen LogP contribution >= 0.6 is 11.3 Å². The van der Waals surface area contributed by atoms with Gasteiger partial charge >= 0.3 is 0 Å². The molecule has 21 heavy (non-hydrogen) atoms. The molecule has 0 fully saturated rings. The predicted octanol–water partition coefficient (Wildman–Crippen LogP) is 4.17. The summed E-state index contributed by atoms with van der Waals surface area (Å²) in [6.45, 7) is 6.79. The van der Waals surface area contributed by atoms with Gasteiger partial charge in [0.05, 0.1) is 5.69 Å². The molecule has 0 unspecified atom stereocenters. The molecule has 0 atom stereocenters. The van der Waals surface area contributed by atoms with Gasteiger partial charge in [-0.15, -0.1) is 11.3 Å². The van der Waals surface area contributed by atoms with Gasteiger partial charge < -0.3 is 10.1 Å². The van der Waals surface area contributed by atoms with Crippen LogP contribution in [0.4, 0.5) is 0 Å². The molecule has 0 saturated heterocycles. The molecule has 0 bridgehead atoms. The highest BCUT2D eigenvalue weighted by Gasteiger charge is 2.03. The Balaban J connectivity index is 1.79. The van der Waals surface area contributed by atoms with Gasteiger partial charge in [0.25, 0.3) is 0 Å². The van der Waals surface area contributed by atoms with E-state index in [4.69, 9.17) is 4.74 Å². The molecule has 2 aromatic rings. The first kappa shape index (κ1) is 16.0. The zero-order chi connectivity index (χ0) is 14.9. The van der Waals surface area contributed by atoms with Crippen LogP contribution in [0.1, 0.15) is 43.0 Å². The van der Waals surface area contributed by atoms with E-state index >= 15 is 0 Å². The van der Waals surface area contributed by atoms with Gasteiger partial charge in [0.15, 0.2) is 0 Å². The maximum atomic E-state index is 5.79. The third-order valence-corrected chi connectivity index (χ3v) is 4.05. The lowest BCUT2D eigenvalue weighted by Gasteiger charge is -2.05. The number of rotatable bonds is 9. The first-order valence-corrected chi connectivity index (χ1v) is 8.55. The highest BCUT2D eigenvalue weighted by atomic mass is 32.1. The number of thiazole rings is 1. The van der Waals surface area contributed by atoms with Crippen LogP contribution in [0, 0.1) is 0 Å². The number of nitrogens with one attached hydrogen (secondary N) is 1. The van der Waals surface area contributed by atoms with E-state index in [9.17, 15) is 0 Å². The maximum Gasteiger partial charge on any atom is 0.131 e. The fraction of sp³-hybridized carbons (Fsp3) is 0.471. The largest absolute Gasteiger partial charge is 0.487 e. The number of hydrogen-bond donors (Lipinski definition) is 1. The molecule has 1 aromatic heterocycles. The highest BCUT2D eigenvalue weighted by Crippen LogP contribution is 2.16. The molecule has 4 heteroatoms. The Labute approximate surface area is 131 Å². The quantitative estimate of drug-likeness (QED) is 0.706. The SMILES string of the molecule is CCCNCc1nc(COc2ccc(CCC)cc2)cs1. The summed E-state index contributed by atoms with van der Waals surface area (Å²) < 4.78 is 5.79. The van der Waals surface area contributed by atoms with Gasteiger partial charge in [-0.2, -0.15) is 0 Å². The summed E-state index contributed by atoms with van der Waals surface area (Å²) in [6.07, 6.45) is 3.45. The third kappa shape index (κ3) is 5.48. The zero-order valence-electron chi connectivity index (χ0n) is 12.9. The summed E-state index contributed by atoms with van der Waals surface area (Å²) in [6, 6.07) is 8.36. The molecule has 1 N–H and O–H groups in total. The van der Waals surface area contributed by atoms with Crippen molar-refractivity contribution in [2.45, 2.75) is 46.3 Å². The van der Waals surface area contributed by atoms with Crippen LogP contribution in [0.15, 0.2) is 29.6 Å². The molecule has 2 rings (SSSR count). The second-order valence-corrected chi connectivity index (χ2v) is 6.03. The van der Waals surface area contributed by atoms with Crippen LogP contribution in [-0.4, -0.2) is 11.5 Å². The second kappa shape index (κ2) is 8.80. The van der Waals surface area contributed by atoms with E-state index < -0.39 is 0 Å². The molecule has 0 radical (unpaired) electrons. The Kier molecular flexibility index (Phi) is 6.70. The Morgan fingerprint density at radius 1 is 1.14 bits per heavy atom. The summed E-state index contributed by atoms with van der Waals surface area (Å²) >= 11 is 1.69. The number of nitrogens with zero attached hydrogens (tertiary/aromatic N) is 1. The molecule has 0 aliphatic rings. The first-order valence-electron chi connectivity index (χ1n) is 7.67. The monoisotopic (exact) mass is 304 g/mol. The van der Waals surface area contributed by atoms with Gasteiger partial charge in [0.2, 0.25) is 0 Å². The molecule has 0 aliphatic carbocycles. The van der Waals surface area contributed by atoms with Crippen LogP contribution in [-0.2, 0) is 19.6 Å². The lowest BCUT2D eigenvalue weighted by molar-refractivity contribution is 0.301. The zero-order valence-corrected chi connectivity index (χ0v) is 13.7. The molecule has 0 spiro atoms. The van der Waals surface area contributed by atoms with E-state index in [0.29, 0.717) is 6.61 Å². The number of aryl methyl sites for hydroxylation is 1. The molecule has 0 amide bonds. The Bertz CT molecular complexity index is 522. The molecule has 3 nitrogen and oxygen atoms in total. The summed E-state index contributed by atoms with van der Waals surface area (Å²) in [4.78, 5) is 4.58. The fourth-order valence-electron chi connectivity index (χ4n) is 2.07. The van der Waals surface area contributed by atoms with Crippen molar-refractivity contribution >= 4 is 11.3 Å². The standard InChI is InChI=1S/C17H24N2OS/c1-3-5-14-6-8-16(9-7-14)20-12-15-13-21-17(19-15)11-18-10-4-2/h6-9,13,18H,3-5,10-12H2,1-2H3. The van der Waals surface area contributed by atoms with Crippen LogP contribution in [0.25, 0.3) is 0 Å². The minimum Gasteiger partial charge on any atom is -0.487 e. The van der Waals surface area contributed by atoms with Gasteiger partial charge in [-0.1, -0.05) is 32.4 Å². The lowest BCUT2D eigenvalue weighted by Crippen LogP contribution is -2.13. The molecule has 114 valence electrons. The lowest BCUT2D eigenvalue weighted by atomic mass is 10.1. The van der Waals surface area contributed by atoms with E-state index in [1.165, 1.54) is 12.0 Å². The molecule has 0 saturated carbocycles. The van der Waals surface area contributed by atoms with Crippen molar-refractivity contribution in [2.24, 2.45) is 0 Å². The average Bonchev–Trinajstić information content (AvgIpc) is 2.95. The summed E-state index contributed by atoms with van der Waals surface area (Å²) in [5, 5.41) is 6.57. The highest BCUT2D eigenvalue weighted by molar-refractivity contribution is 7.09. The van der Waals surface area contributed by atoms with Crippen molar-refractivity contribution in [3.05, 3.63) is 45.9 Å². The Morgan fingerprint density at radius 2 is 1.95 bits per heavy atom. The first-order chi connectivity index (χ1) is 10.3. The van der Waals surface area contributed by atoms with Crippen LogP contribution in [0.5, 0.6) is 5.75 Å². The molecule has 1 heterocycles. The Morgan fingerprint density at radius 3 is 2.67 bits per heavy atom. The van der Waals surface area contributed by atoms with Gasteiger partial charge in [0, 0.05) is 11.9 Å². The number of aromatic nitrogens is 1. The number of benzene rings is 1. The smallest absolute Gasteiger partial charge is 0.131 e. The van der Waals surface area contributed by atoms with E-state index in [0.717, 1.165) is 42.4 Å². The fourth-order valence-corrected chi connectivity index (χ4v) is 2.81. The average molecular weight is 304 g/mol. The van der Waals surface area contributed by atoms with Gasteiger partial charge in [-0.25, -0.2) is 4.98 Å². The van der Waals surface area contributed by atoms with Gasteiger partial charge in [0.1, 0.15) is 17.4 Å². The van der Waals surface area contributed by atoms with Crippen LogP contribution < -0.4 is 10.1 Å². The van der Waals surface area contributed by atoms with Crippen molar-refractivity contribution in [1.82, 2.24) is 10.3 Å². The topological polar surface area (TPSA) is 34.2 Å². The number of ether oxygens (including phenoxy) is 1. The molecular weight excluding hydrogens is 280 g/mol. The third-order valence-electron chi connectivity index (χ3n) is 3.15. The number of hydrogen-bond acceptors (Lipinski definition) is 4. The summed E-state index contributed by atoms with van der Waals surface area (Å²) in [5.41, 5.74) is 2.37. The molecular formula is C17H24N2OS. The van der Waals surface area contributed by atoms with Crippen LogP contribution in [0.3, 0.4) is 0 Å². The van der Waals surface area contributed by atoms with E-state index in [2.05, 4.69) is 41.7 Å².